The van der Waals surface area contributed by atoms with Crippen LogP contribution >= 0.6 is 0 Å². The van der Waals surface area contributed by atoms with E-state index in [1.807, 2.05) is 19.1 Å². The number of benzene rings is 1. The molecule has 1 saturated heterocycles. The molecular formula is C14H20N2O3. The topological polar surface area (TPSA) is 59.6 Å². The van der Waals surface area contributed by atoms with Crippen molar-refractivity contribution in [3.63, 3.8) is 0 Å². The highest BCUT2D eigenvalue weighted by Crippen LogP contribution is 2.32. The van der Waals surface area contributed by atoms with Crippen LogP contribution in [0.25, 0.3) is 0 Å². The van der Waals surface area contributed by atoms with Crippen LogP contribution in [-0.2, 0) is 4.79 Å². The Morgan fingerprint density at radius 3 is 2.63 bits per heavy atom. The highest BCUT2D eigenvalue weighted by molar-refractivity contribution is 5.77. The summed E-state index contributed by atoms with van der Waals surface area (Å²) in [7, 11) is 3.28. The smallest absolute Gasteiger partial charge is 0.221 e. The standard InChI is InChI=1S/C14H20N2O3/c1-9-6-13(19-3)10(7-12(9)18-2)11-8-15-5-4-14(17)16-11/h6-7,11,15H,4-5,8H2,1-3H3,(H,16,17). The number of ether oxygens (including phenoxy) is 2. The quantitative estimate of drug-likeness (QED) is 0.860. The zero-order valence-electron chi connectivity index (χ0n) is 11.6. The summed E-state index contributed by atoms with van der Waals surface area (Å²) in [5.74, 6) is 1.62. The third-order valence-electron chi connectivity index (χ3n) is 3.34. The molecule has 1 aromatic rings. The van der Waals surface area contributed by atoms with E-state index in [9.17, 15) is 4.79 Å². The first-order valence-electron chi connectivity index (χ1n) is 6.38. The number of carbonyl (C=O) groups is 1. The highest BCUT2D eigenvalue weighted by atomic mass is 16.5. The number of nitrogens with one attached hydrogen (secondary N) is 2. The lowest BCUT2D eigenvalue weighted by molar-refractivity contribution is -0.121. The lowest BCUT2D eigenvalue weighted by Gasteiger charge is -2.21. The van der Waals surface area contributed by atoms with Crippen molar-refractivity contribution < 1.29 is 14.3 Å². The van der Waals surface area contributed by atoms with E-state index in [1.165, 1.54) is 0 Å². The second-order valence-electron chi connectivity index (χ2n) is 4.64. The largest absolute Gasteiger partial charge is 0.496 e. The number of methoxy groups -OCH3 is 2. The maximum absolute atomic E-state index is 11.7. The van der Waals surface area contributed by atoms with Gasteiger partial charge in [0.15, 0.2) is 0 Å². The number of hydrogen-bond donors (Lipinski definition) is 2. The van der Waals surface area contributed by atoms with Crippen molar-refractivity contribution in [3.8, 4) is 11.5 Å². The van der Waals surface area contributed by atoms with Gasteiger partial charge in [0.25, 0.3) is 0 Å². The zero-order chi connectivity index (χ0) is 13.8. The Balaban J connectivity index is 2.38. The van der Waals surface area contributed by atoms with Gasteiger partial charge in [-0.3, -0.25) is 4.79 Å². The second kappa shape index (κ2) is 5.93. The lowest BCUT2D eigenvalue weighted by atomic mass is 10.0. The van der Waals surface area contributed by atoms with Crippen LogP contribution < -0.4 is 20.1 Å². The van der Waals surface area contributed by atoms with E-state index in [-0.39, 0.29) is 11.9 Å². The average Bonchev–Trinajstić information content (AvgIpc) is 2.63. The summed E-state index contributed by atoms with van der Waals surface area (Å²) in [4.78, 5) is 11.7. The fraction of sp³-hybridized carbons (Fsp3) is 0.500. The van der Waals surface area contributed by atoms with Gasteiger partial charge in [0, 0.05) is 25.1 Å². The maximum atomic E-state index is 11.7. The molecule has 0 bridgehead atoms. The molecule has 0 radical (unpaired) electrons. The van der Waals surface area contributed by atoms with E-state index in [0.717, 1.165) is 22.6 Å². The molecule has 2 N–H and O–H groups in total. The SMILES string of the molecule is COc1cc(C2CNCCC(=O)N2)c(OC)cc1C. The predicted octanol–water partition coefficient (Wildman–Crippen LogP) is 1.16. The molecule has 5 heteroatoms. The summed E-state index contributed by atoms with van der Waals surface area (Å²) in [6.45, 7) is 3.36. The van der Waals surface area contributed by atoms with Gasteiger partial charge < -0.3 is 20.1 Å². The van der Waals surface area contributed by atoms with Crippen molar-refractivity contribution in [2.45, 2.75) is 19.4 Å². The van der Waals surface area contributed by atoms with Gasteiger partial charge in [-0.2, -0.15) is 0 Å². The minimum absolute atomic E-state index is 0.0524. The second-order valence-corrected chi connectivity index (χ2v) is 4.64. The van der Waals surface area contributed by atoms with E-state index in [4.69, 9.17) is 9.47 Å². The fourth-order valence-corrected chi connectivity index (χ4v) is 2.30. The van der Waals surface area contributed by atoms with Gasteiger partial charge in [-0.1, -0.05) is 0 Å². The summed E-state index contributed by atoms with van der Waals surface area (Å²) >= 11 is 0. The van der Waals surface area contributed by atoms with Gasteiger partial charge >= 0.3 is 0 Å². The number of amides is 1. The molecule has 1 unspecified atom stereocenters. The van der Waals surface area contributed by atoms with Crippen LogP contribution in [-0.4, -0.2) is 33.2 Å². The molecule has 2 rings (SSSR count). The molecule has 1 amide bonds. The third-order valence-corrected chi connectivity index (χ3v) is 3.34. The van der Waals surface area contributed by atoms with Crippen molar-refractivity contribution in [1.82, 2.24) is 10.6 Å². The van der Waals surface area contributed by atoms with E-state index < -0.39 is 0 Å². The first-order valence-corrected chi connectivity index (χ1v) is 6.38. The summed E-state index contributed by atoms with van der Waals surface area (Å²) in [5, 5.41) is 6.25. The first-order chi connectivity index (χ1) is 9.15. The molecule has 0 aromatic heterocycles. The minimum Gasteiger partial charge on any atom is -0.496 e. The molecule has 104 valence electrons. The molecule has 0 aliphatic carbocycles. The van der Waals surface area contributed by atoms with Crippen LogP contribution in [0.1, 0.15) is 23.6 Å². The van der Waals surface area contributed by atoms with Gasteiger partial charge in [0.05, 0.1) is 20.3 Å². The molecule has 0 spiro atoms. The van der Waals surface area contributed by atoms with Crippen LogP contribution in [0.3, 0.4) is 0 Å². The maximum Gasteiger partial charge on any atom is 0.221 e. The Morgan fingerprint density at radius 1 is 1.21 bits per heavy atom. The van der Waals surface area contributed by atoms with E-state index in [0.29, 0.717) is 19.5 Å². The molecule has 1 heterocycles. The molecule has 1 aliphatic heterocycles. The summed E-state index contributed by atoms with van der Waals surface area (Å²) in [5.41, 5.74) is 1.95. The Bertz CT molecular complexity index is 474. The Labute approximate surface area is 113 Å². The molecule has 1 atom stereocenters. The van der Waals surface area contributed by atoms with Crippen LogP contribution in [0.5, 0.6) is 11.5 Å². The van der Waals surface area contributed by atoms with Crippen molar-refractivity contribution in [3.05, 3.63) is 23.3 Å². The summed E-state index contributed by atoms with van der Waals surface area (Å²) in [6, 6.07) is 3.77. The van der Waals surface area contributed by atoms with Crippen LogP contribution in [0.2, 0.25) is 0 Å². The minimum atomic E-state index is -0.0977. The average molecular weight is 264 g/mol. The van der Waals surface area contributed by atoms with Crippen LogP contribution in [0, 0.1) is 6.92 Å². The van der Waals surface area contributed by atoms with Gasteiger partial charge in [-0.05, 0) is 24.6 Å². The lowest BCUT2D eigenvalue weighted by Crippen LogP contribution is -2.30. The third kappa shape index (κ3) is 2.98. The van der Waals surface area contributed by atoms with Crippen molar-refractivity contribution in [2.24, 2.45) is 0 Å². The number of aryl methyl sites for hydroxylation is 1. The molecule has 5 nitrogen and oxygen atoms in total. The normalized spacial score (nSPS) is 19.5. The monoisotopic (exact) mass is 264 g/mol. The van der Waals surface area contributed by atoms with Crippen LogP contribution in [0.4, 0.5) is 0 Å². The van der Waals surface area contributed by atoms with Crippen molar-refractivity contribution in [1.29, 1.82) is 0 Å². The van der Waals surface area contributed by atoms with E-state index in [1.54, 1.807) is 14.2 Å². The summed E-state index contributed by atoms with van der Waals surface area (Å²) < 4.78 is 10.8. The fourth-order valence-electron chi connectivity index (χ4n) is 2.30. The molecule has 1 aromatic carbocycles. The zero-order valence-corrected chi connectivity index (χ0v) is 11.6. The number of rotatable bonds is 3. The molecule has 1 aliphatic rings. The van der Waals surface area contributed by atoms with Crippen LogP contribution in [0.15, 0.2) is 12.1 Å². The molecule has 1 fully saturated rings. The van der Waals surface area contributed by atoms with Gasteiger partial charge in [0.2, 0.25) is 5.91 Å². The van der Waals surface area contributed by atoms with Gasteiger partial charge in [-0.25, -0.2) is 0 Å². The highest BCUT2D eigenvalue weighted by Gasteiger charge is 2.22. The Morgan fingerprint density at radius 2 is 1.95 bits per heavy atom. The van der Waals surface area contributed by atoms with Gasteiger partial charge in [-0.15, -0.1) is 0 Å². The molecule has 19 heavy (non-hydrogen) atoms. The number of carbonyl (C=O) groups excluding carboxylic acids is 1. The van der Waals surface area contributed by atoms with E-state index >= 15 is 0 Å². The molecular weight excluding hydrogens is 244 g/mol. The Hall–Kier alpha value is -1.75. The Kier molecular flexibility index (Phi) is 4.27. The predicted molar refractivity (Wildman–Crippen MR) is 72.7 cm³/mol. The molecule has 0 saturated carbocycles. The van der Waals surface area contributed by atoms with Gasteiger partial charge in [0.1, 0.15) is 11.5 Å². The number of hydrogen-bond acceptors (Lipinski definition) is 4. The summed E-state index contributed by atoms with van der Waals surface area (Å²) in [6.07, 6.45) is 0.502. The first kappa shape index (κ1) is 13.7. The van der Waals surface area contributed by atoms with Crippen molar-refractivity contribution in [2.75, 3.05) is 27.3 Å². The van der Waals surface area contributed by atoms with E-state index in [2.05, 4.69) is 10.6 Å². The van der Waals surface area contributed by atoms with Crippen molar-refractivity contribution >= 4 is 5.91 Å².